The summed E-state index contributed by atoms with van der Waals surface area (Å²) in [6, 6.07) is 16.6. The molecule has 2 aromatic heterocycles. The Morgan fingerprint density at radius 2 is 1.87 bits per heavy atom. The SMILES string of the molecule is COc1ccc(-c2ccc(CCNc3nc4cc(Cl)ccc4c(=O)n3C)nn2)cc1. The number of nitrogens with one attached hydrogen (secondary N) is 1. The fourth-order valence-corrected chi connectivity index (χ4v) is 3.28. The molecule has 4 aromatic rings. The van der Waals surface area contributed by atoms with Gasteiger partial charge in [0.05, 0.1) is 29.4 Å². The lowest BCUT2D eigenvalue weighted by molar-refractivity contribution is 0.415. The third-order valence-electron chi connectivity index (χ3n) is 4.81. The highest BCUT2D eigenvalue weighted by molar-refractivity contribution is 6.31. The van der Waals surface area contributed by atoms with E-state index in [4.69, 9.17) is 16.3 Å². The second kappa shape index (κ2) is 8.51. The number of rotatable bonds is 6. The van der Waals surface area contributed by atoms with Crippen LogP contribution in [0, 0.1) is 0 Å². The summed E-state index contributed by atoms with van der Waals surface area (Å²) in [7, 11) is 3.33. The van der Waals surface area contributed by atoms with Crippen LogP contribution in [-0.4, -0.2) is 33.4 Å². The van der Waals surface area contributed by atoms with Crippen LogP contribution in [0.1, 0.15) is 5.69 Å². The average Bonchev–Trinajstić information content (AvgIpc) is 2.77. The molecule has 0 radical (unpaired) electrons. The molecule has 2 heterocycles. The molecule has 0 aliphatic rings. The van der Waals surface area contributed by atoms with Crippen molar-refractivity contribution in [2.24, 2.45) is 7.05 Å². The largest absolute Gasteiger partial charge is 0.497 e. The minimum atomic E-state index is -0.122. The topological polar surface area (TPSA) is 81.9 Å². The molecule has 0 bridgehead atoms. The molecule has 0 aliphatic heterocycles. The van der Waals surface area contributed by atoms with E-state index in [0.29, 0.717) is 34.8 Å². The van der Waals surface area contributed by atoms with Crippen LogP contribution in [-0.2, 0) is 13.5 Å². The number of hydrogen-bond acceptors (Lipinski definition) is 6. The summed E-state index contributed by atoms with van der Waals surface area (Å²) in [5.74, 6) is 1.28. The summed E-state index contributed by atoms with van der Waals surface area (Å²) >= 11 is 6.03. The van der Waals surface area contributed by atoms with Crippen LogP contribution in [0.15, 0.2) is 59.4 Å². The van der Waals surface area contributed by atoms with E-state index in [0.717, 1.165) is 22.7 Å². The number of nitrogens with zero attached hydrogens (tertiary/aromatic N) is 4. The van der Waals surface area contributed by atoms with E-state index >= 15 is 0 Å². The molecule has 8 heteroatoms. The lowest BCUT2D eigenvalue weighted by atomic mass is 10.1. The third-order valence-corrected chi connectivity index (χ3v) is 5.04. The Balaban J connectivity index is 1.44. The molecule has 7 nitrogen and oxygen atoms in total. The van der Waals surface area contributed by atoms with Crippen molar-refractivity contribution in [2.75, 3.05) is 19.0 Å². The standard InChI is InChI=1S/C22H20ClN5O2/c1-28-21(29)18-9-5-15(23)13-20(18)25-22(28)24-12-11-16-6-10-19(27-26-16)14-3-7-17(30-2)8-4-14/h3-10,13H,11-12H2,1-2H3,(H,24,25). The van der Waals surface area contributed by atoms with Gasteiger partial charge in [0.15, 0.2) is 0 Å². The summed E-state index contributed by atoms with van der Waals surface area (Å²) in [6.45, 7) is 0.558. The zero-order chi connectivity index (χ0) is 21.1. The van der Waals surface area contributed by atoms with E-state index in [1.165, 1.54) is 4.57 Å². The van der Waals surface area contributed by atoms with Gasteiger partial charge >= 0.3 is 0 Å². The molecule has 1 N–H and O–H groups in total. The molecule has 0 saturated heterocycles. The lowest BCUT2D eigenvalue weighted by Gasteiger charge is -2.11. The number of anilines is 1. The van der Waals surface area contributed by atoms with Gasteiger partial charge in [-0.05, 0) is 54.6 Å². The number of halogens is 1. The van der Waals surface area contributed by atoms with E-state index in [1.807, 2.05) is 36.4 Å². The van der Waals surface area contributed by atoms with E-state index in [-0.39, 0.29) is 5.56 Å². The third kappa shape index (κ3) is 4.11. The first-order valence-corrected chi connectivity index (χ1v) is 9.80. The highest BCUT2D eigenvalue weighted by Gasteiger charge is 2.09. The Morgan fingerprint density at radius 1 is 1.07 bits per heavy atom. The molecule has 0 atom stereocenters. The zero-order valence-electron chi connectivity index (χ0n) is 16.6. The first-order chi connectivity index (χ1) is 14.5. The van der Waals surface area contributed by atoms with Crippen LogP contribution in [0.3, 0.4) is 0 Å². The molecule has 0 fully saturated rings. The molecule has 0 saturated carbocycles. The van der Waals surface area contributed by atoms with Crippen molar-refractivity contribution in [3.8, 4) is 17.0 Å². The van der Waals surface area contributed by atoms with E-state index in [2.05, 4.69) is 20.5 Å². The molecule has 4 rings (SSSR count). The number of aromatic nitrogens is 4. The average molecular weight is 422 g/mol. The van der Waals surface area contributed by atoms with Gasteiger partial charge in [-0.1, -0.05) is 11.6 Å². The number of fused-ring (bicyclic) bond motifs is 1. The van der Waals surface area contributed by atoms with Crippen molar-refractivity contribution in [3.63, 3.8) is 0 Å². The number of hydrogen-bond donors (Lipinski definition) is 1. The quantitative estimate of drug-likeness (QED) is 0.511. The van der Waals surface area contributed by atoms with E-state index < -0.39 is 0 Å². The van der Waals surface area contributed by atoms with Gasteiger partial charge in [0.1, 0.15) is 5.75 Å². The predicted molar refractivity (Wildman–Crippen MR) is 118 cm³/mol. The van der Waals surface area contributed by atoms with Crippen molar-refractivity contribution >= 4 is 28.5 Å². The van der Waals surface area contributed by atoms with E-state index in [9.17, 15) is 4.79 Å². The summed E-state index contributed by atoms with van der Waals surface area (Å²) in [4.78, 5) is 17.0. The smallest absolute Gasteiger partial charge is 0.262 e. The van der Waals surface area contributed by atoms with E-state index in [1.54, 1.807) is 32.4 Å². The maximum Gasteiger partial charge on any atom is 0.262 e. The molecule has 30 heavy (non-hydrogen) atoms. The maximum atomic E-state index is 12.5. The number of ether oxygens (including phenoxy) is 1. The maximum absolute atomic E-state index is 12.5. The summed E-state index contributed by atoms with van der Waals surface area (Å²) in [5, 5.41) is 12.9. The van der Waals surface area contributed by atoms with Crippen molar-refractivity contribution in [3.05, 3.63) is 75.7 Å². The molecule has 0 spiro atoms. The Morgan fingerprint density at radius 3 is 2.57 bits per heavy atom. The minimum Gasteiger partial charge on any atom is -0.497 e. The second-order valence-electron chi connectivity index (χ2n) is 6.78. The van der Waals surface area contributed by atoms with Crippen LogP contribution in [0.4, 0.5) is 5.95 Å². The summed E-state index contributed by atoms with van der Waals surface area (Å²) in [6.07, 6.45) is 0.638. The van der Waals surface area contributed by atoms with Gasteiger partial charge in [0.25, 0.3) is 5.56 Å². The van der Waals surface area contributed by atoms with Crippen molar-refractivity contribution in [2.45, 2.75) is 6.42 Å². The zero-order valence-corrected chi connectivity index (χ0v) is 17.3. The van der Waals surface area contributed by atoms with Gasteiger partial charge in [0.2, 0.25) is 5.95 Å². The van der Waals surface area contributed by atoms with Gasteiger partial charge in [-0.15, -0.1) is 0 Å². The lowest BCUT2D eigenvalue weighted by Crippen LogP contribution is -2.23. The van der Waals surface area contributed by atoms with Crippen LogP contribution >= 0.6 is 11.6 Å². The van der Waals surface area contributed by atoms with Gasteiger partial charge in [-0.2, -0.15) is 10.2 Å². The normalized spacial score (nSPS) is 10.9. The van der Waals surface area contributed by atoms with Gasteiger partial charge in [-0.25, -0.2) is 4.98 Å². The Bertz CT molecular complexity index is 1240. The Labute approximate surface area is 178 Å². The van der Waals surface area contributed by atoms with Crippen LogP contribution < -0.4 is 15.6 Å². The first kappa shape index (κ1) is 19.8. The highest BCUT2D eigenvalue weighted by Crippen LogP contribution is 2.20. The van der Waals surface area contributed by atoms with Crippen LogP contribution in [0.25, 0.3) is 22.2 Å². The first-order valence-electron chi connectivity index (χ1n) is 9.42. The second-order valence-corrected chi connectivity index (χ2v) is 7.21. The molecule has 152 valence electrons. The summed E-state index contributed by atoms with van der Waals surface area (Å²) < 4.78 is 6.67. The number of methoxy groups -OCH3 is 1. The molecule has 2 aromatic carbocycles. The monoisotopic (exact) mass is 421 g/mol. The molecule has 0 amide bonds. The van der Waals surface area contributed by atoms with Crippen LogP contribution in [0.5, 0.6) is 5.75 Å². The fraction of sp³-hybridized carbons (Fsp3) is 0.182. The molecule has 0 aliphatic carbocycles. The predicted octanol–water partition coefficient (Wildman–Crippen LogP) is 3.71. The van der Waals surface area contributed by atoms with Crippen LogP contribution in [0.2, 0.25) is 5.02 Å². The minimum absolute atomic E-state index is 0.122. The van der Waals surface area contributed by atoms with Crippen molar-refractivity contribution in [1.82, 2.24) is 19.7 Å². The highest BCUT2D eigenvalue weighted by atomic mass is 35.5. The molecule has 0 unspecified atom stereocenters. The molecular formula is C22H20ClN5O2. The Kier molecular flexibility index (Phi) is 5.63. The van der Waals surface area contributed by atoms with Gasteiger partial charge < -0.3 is 10.1 Å². The summed E-state index contributed by atoms with van der Waals surface area (Å²) in [5.41, 5.74) is 3.06. The van der Waals surface area contributed by atoms with Gasteiger partial charge in [-0.3, -0.25) is 9.36 Å². The van der Waals surface area contributed by atoms with Crippen molar-refractivity contribution in [1.29, 1.82) is 0 Å². The number of benzene rings is 2. The van der Waals surface area contributed by atoms with Crippen molar-refractivity contribution < 1.29 is 4.74 Å². The fourth-order valence-electron chi connectivity index (χ4n) is 3.11. The molecular weight excluding hydrogens is 402 g/mol. The van der Waals surface area contributed by atoms with Gasteiger partial charge in [0, 0.05) is 30.6 Å². The Hall–Kier alpha value is -3.45.